The van der Waals surface area contributed by atoms with Crippen molar-refractivity contribution in [3.63, 3.8) is 0 Å². The SMILES string of the molecule is CO[Si](CCCS)(OC)OC.CO[Si](CCCSC(=S)SC(C)(C)C#N)(OC)OC. The molecule has 0 aliphatic carbocycles. The fraction of sp³-hybridized carbons (Fsp3) is 0.882. The molecule has 0 bridgehead atoms. The second-order valence-corrected chi connectivity index (χ2v) is 16.9. The van der Waals surface area contributed by atoms with Gasteiger partial charge in [-0.1, -0.05) is 24.0 Å². The molecule has 0 aromatic carbocycles. The summed E-state index contributed by atoms with van der Waals surface area (Å²) in [5, 5.41) is 8.93. The Hall–Kier alpha value is 0.824. The van der Waals surface area contributed by atoms with E-state index in [1.165, 1.54) is 11.8 Å². The van der Waals surface area contributed by atoms with Crippen LogP contribution < -0.4 is 0 Å². The highest BCUT2D eigenvalue weighted by Gasteiger charge is 2.37. The van der Waals surface area contributed by atoms with E-state index in [4.69, 9.17) is 44.0 Å². The van der Waals surface area contributed by atoms with Gasteiger partial charge in [0.15, 0.2) is 0 Å². The Kier molecular flexibility index (Phi) is 20.1. The smallest absolute Gasteiger partial charge is 0.377 e. The first kappa shape index (κ1) is 33.0. The number of thiol groups is 1. The van der Waals surface area contributed by atoms with Crippen molar-refractivity contribution in [3.05, 3.63) is 0 Å². The van der Waals surface area contributed by atoms with E-state index < -0.39 is 22.4 Å². The summed E-state index contributed by atoms with van der Waals surface area (Å²) in [4.78, 5) is 0. The van der Waals surface area contributed by atoms with Crippen molar-refractivity contribution >= 4 is 69.5 Å². The average Bonchev–Trinajstić information content (AvgIpc) is 2.76. The summed E-state index contributed by atoms with van der Waals surface area (Å²) < 4.78 is 32.0. The highest BCUT2D eigenvalue weighted by atomic mass is 32.2. The number of rotatable bonds is 14. The zero-order valence-corrected chi connectivity index (χ0v) is 24.7. The van der Waals surface area contributed by atoms with E-state index >= 15 is 0 Å². The van der Waals surface area contributed by atoms with Gasteiger partial charge in [-0.3, -0.25) is 0 Å². The second-order valence-electron chi connectivity index (χ2n) is 6.34. The van der Waals surface area contributed by atoms with Gasteiger partial charge in [0.05, 0.1) is 6.07 Å². The van der Waals surface area contributed by atoms with Crippen LogP contribution in [0.25, 0.3) is 0 Å². The summed E-state index contributed by atoms with van der Waals surface area (Å²) in [5.41, 5.74) is 0. The molecule has 0 rings (SSSR count). The molecule has 0 aliphatic rings. The van der Waals surface area contributed by atoms with Crippen molar-refractivity contribution in [2.75, 3.05) is 54.2 Å². The fourth-order valence-corrected chi connectivity index (χ4v) is 9.17. The van der Waals surface area contributed by atoms with E-state index in [2.05, 4.69) is 18.7 Å². The summed E-state index contributed by atoms with van der Waals surface area (Å²) >= 11 is 12.4. The average molecular weight is 536 g/mol. The predicted molar refractivity (Wildman–Crippen MR) is 139 cm³/mol. The first-order chi connectivity index (χ1) is 14.1. The maximum absolute atomic E-state index is 8.93. The summed E-state index contributed by atoms with van der Waals surface area (Å²) in [7, 11) is 4.96. The lowest BCUT2D eigenvalue weighted by molar-refractivity contribution is 0.123. The van der Waals surface area contributed by atoms with Crippen LogP contribution in [0.3, 0.4) is 0 Å². The van der Waals surface area contributed by atoms with Crippen LogP contribution in [0.5, 0.6) is 0 Å². The number of hydrogen-bond acceptors (Lipinski definition) is 11. The molecule has 0 aliphatic heterocycles. The quantitative estimate of drug-likeness (QED) is 0.149. The summed E-state index contributed by atoms with van der Waals surface area (Å²) in [6, 6.07) is 3.82. The number of hydrogen-bond donors (Lipinski definition) is 1. The Morgan fingerprint density at radius 2 is 1.30 bits per heavy atom. The zero-order valence-electron chi connectivity index (χ0n) is 19.3. The predicted octanol–water partition coefficient (Wildman–Crippen LogP) is 4.49. The van der Waals surface area contributed by atoms with Gasteiger partial charge in [-0.15, -0.1) is 11.8 Å². The molecule has 13 heteroatoms. The van der Waals surface area contributed by atoms with Crippen molar-refractivity contribution in [1.29, 1.82) is 5.26 Å². The van der Waals surface area contributed by atoms with Crippen LogP contribution in [-0.2, 0) is 26.6 Å². The van der Waals surface area contributed by atoms with Gasteiger partial charge in [0.2, 0.25) is 0 Å². The maximum atomic E-state index is 8.93. The molecule has 0 saturated carbocycles. The topological polar surface area (TPSA) is 79.2 Å². The van der Waals surface area contributed by atoms with Gasteiger partial charge >= 0.3 is 17.6 Å². The molecule has 0 radical (unpaired) electrons. The molecule has 0 aromatic rings. The number of thiocarbonyl (C=S) groups is 1. The first-order valence-electron chi connectivity index (χ1n) is 9.28. The Labute approximate surface area is 204 Å². The minimum absolute atomic E-state index is 0.464. The summed E-state index contributed by atoms with van der Waals surface area (Å²) in [6.07, 6.45) is 1.87. The van der Waals surface area contributed by atoms with Gasteiger partial charge < -0.3 is 26.6 Å². The summed E-state index contributed by atoms with van der Waals surface area (Å²) in [5.74, 6) is 1.71. The van der Waals surface area contributed by atoms with Crippen LogP contribution in [0.4, 0.5) is 0 Å². The highest BCUT2D eigenvalue weighted by Crippen LogP contribution is 2.31. The molecule has 0 spiro atoms. The lowest BCUT2D eigenvalue weighted by Crippen LogP contribution is -2.42. The van der Waals surface area contributed by atoms with Crippen molar-refractivity contribution in [2.24, 2.45) is 0 Å². The molecule has 0 fully saturated rings. The molecule has 0 amide bonds. The second kappa shape index (κ2) is 18.3. The molecule has 0 aromatic heterocycles. The van der Waals surface area contributed by atoms with Crippen LogP contribution in [0.15, 0.2) is 0 Å². The van der Waals surface area contributed by atoms with Crippen molar-refractivity contribution in [2.45, 2.75) is 43.5 Å². The molecule has 0 saturated heterocycles. The minimum Gasteiger partial charge on any atom is -0.377 e. The Bertz CT molecular complexity index is 487. The van der Waals surface area contributed by atoms with Crippen molar-refractivity contribution in [3.8, 4) is 6.07 Å². The molecule has 0 unspecified atom stereocenters. The molecule has 0 heterocycles. The molecule has 0 atom stereocenters. The van der Waals surface area contributed by atoms with E-state index in [0.29, 0.717) is 0 Å². The standard InChI is InChI=1S/C11H21NO3S3Si.C6H16O3SSi/c1-11(2,9-12)18-10(16)17-7-6-8-19(13-3,14-4)15-5;1-7-11(8-2,9-3)6-4-5-10/h6-8H2,1-5H3;10H,4-6H2,1-3H3. The molecule has 178 valence electrons. The number of nitrogens with zero attached hydrogens (tertiary/aromatic N) is 1. The van der Waals surface area contributed by atoms with Gasteiger partial charge in [0, 0.05) is 54.7 Å². The van der Waals surface area contributed by atoms with Crippen LogP contribution in [0.2, 0.25) is 12.1 Å². The molecular formula is C17H37NO6S4Si2. The van der Waals surface area contributed by atoms with E-state index in [1.54, 1.807) is 54.4 Å². The third kappa shape index (κ3) is 14.1. The van der Waals surface area contributed by atoms with Crippen LogP contribution in [0, 0.1) is 11.3 Å². The third-order valence-electron chi connectivity index (χ3n) is 3.96. The van der Waals surface area contributed by atoms with E-state index in [0.717, 1.165) is 40.0 Å². The monoisotopic (exact) mass is 535 g/mol. The van der Waals surface area contributed by atoms with Gasteiger partial charge in [-0.25, -0.2) is 0 Å². The van der Waals surface area contributed by atoms with Gasteiger partial charge in [-0.2, -0.15) is 17.9 Å². The van der Waals surface area contributed by atoms with E-state index in [-0.39, 0.29) is 0 Å². The lowest BCUT2D eigenvalue weighted by Gasteiger charge is -2.24. The Balaban J connectivity index is 0. The molecule has 0 N–H and O–H groups in total. The van der Waals surface area contributed by atoms with E-state index in [1.807, 2.05) is 13.8 Å². The van der Waals surface area contributed by atoms with Crippen LogP contribution in [-0.4, -0.2) is 80.0 Å². The zero-order chi connectivity index (χ0) is 23.7. The fourth-order valence-electron chi connectivity index (χ4n) is 2.11. The highest BCUT2D eigenvalue weighted by molar-refractivity contribution is 8.47. The van der Waals surface area contributed by atoms with Gasteiger partial charge in [0.25, 0.3) is 0 Å². The largest absolute Gasteiger partial charge is 0.500 e. The van der Waals surface area contributed by atoms with Crippen LogP contribution in [0.1, 0.15) is 26.7 Å². The van der Waals surface area contributed by atoms with Crippen LogP contribution >= 0.6 is 48.4 Å². The Morgan fingerprint density at radius 3 is 1.63 bits per heavy atom. The van der Waals surface area contributed by atoms with E-state index in [9.17, 15) is 0 Å². The third-order valence-corrected chi connectivity index (χ3v) is 12.6. The normalized spacial score (nSPS) is 12.1. The van der Waals surface area contributed by atoms with Gasteiger partial charge in [-0.05, 0) is 38.2 Å². The molecular weight excluding hydrogens is 499 g/mol. The summed E-state index contributed by atoms with van der Waals surface area (Å²) in [6.45, 7) is 3.73. The lowest BCUT2D eigenvalue weighted by atomic mass is 10.2. The molecule has 7 nitrogen and oxygen atoms in total. The van der Waals surface area contributed by atoms with Crippen molar-refractivity contribution < 1.29 is 26.6 Å². The first-order valence-corrected chi connectivity index (χ1v) is 16.0. The number of thioether (sulfide) groups is 2. The molecule has 30 heavy (non-hydrogen) atoms. The number of nitriles is 1. The Morgan fingerprint density at radius 1 is 0.900 bits per heavy atom. The maximum Gasteiger partial charge on any atom is 0.500 e. The van der Waals surface area contributed by atoms with Gasteiger partial charge in [0.1, 0.15) is 8.28 Å². The van der Waals surface area contributed by atoms with Crippen molar-refractivity contribution in [1.82, 2.24) is 0 Å². The minimum atomic E-state index is -2.46.